The predicted octanol–water partition coefficient (Wildman–Crippen LogP) is 3.92. The molecule has 0 bridgehead atoms. The molecule has 1 atom stereocenters. The molecule has 7 nitrogen and oxygen atoms in total. The van der Waals surface area contributed by atoms with Crippen molar-refractivity contribution < 1.29 is 4.79 Å². The number of carbonyl (C=O) groups is 1. The van der Waals surface area contributed by atoms with E-state index >= 15 is 0 Å². The molecule has 9 heteroatoms. The Hall–Kier alpha value is -2.78. The van der Waals surface area contributed by atoms with E-state index in [2.05, 4.69) is 32.0 Å². The van der Waals surface area contributed by atoms with E-state index in [1.165, 1.54) is 0 Å². The van der Waals surface area contributed by atoms with Crippen LogP contribution in [-0.2, 0) is 17.9 Å². The number of H-pyrrole nitrogens is 1. The van der Waals surface area contributed by atoms with Gasteiger partial charge in [0.05, 0.1) is 22.5 Å². The van der Waals surface area contributed by atoms with Gasteiger partial charge in [0.25, 0.3) is 0 Å². The van der Waals surface area contributed by atoms with Gasteiger partial charge >= 0.3 is 0 Å². The summed E-state index contributed by atoms with van der Waals surface area (Å²) in [5.41, 5.74) is 2.00. The Morgan fingerprint density at radius 3 is 2.89 bits per heavy atom. The number of carbonyl (C=O) groups excluding carboxylic acids is 1. The van der Waals surface area contributed by atoms with E-state index in [0.29, 0.717) is 17.1 Å². The Morgan fingerprint density at radius 1 is 1.32 bits per heavy atom. The smallest absolute Gasteiger partial charge is 0.243 e. The summed E-state index contributed by atoms with van der Waals surface area (Å²) in [5.74, 6) is 1.37. The molecular weight excluding hydrogens is 392 g/mol. The molecule has 0 radical (unpaired) electrons. The van der Waals surface area contributed by atoms with Crippen LogP contribution in [-0.4, -0.2) is 30.2 Å². The highest BCUT2D eigenvalue weighted by molar-refractivity contribution is 7.71. The molecule has 1 aromatic carbocycles. The van der Waals surface area contributed by atoms with Crippen molar-refractivity contribution in [3.05, 3.63) is 52.4 Å². The quantitative estimate of drug-likeness (QED) is 0.471. The summed E-state index contributed by atoms with van der Waals surface area (Å²) < 4.78 is 4.28. The number of hydrogen-bond donors (Lipinski definition) is 2. The number of para-hydroxylation sites is 2. The lowest BCUT2D eigenvalue weighted by Crippen LogP contribution is -2.32. The van der Waals surface area contributed by atoms with Gasteiger partial charge in [0.15, 0.2) is 10.6 Å². The number of amides is 1. The molecule has 0 aliphatic rings. The van der Waals surface area contributed by atoms with E-state index in [9.17, 15) is 4.79 Å². The zero-order valence-electron chi connectivity index (χ0n) is 15.5. The van der Waals surface area contributed by atoms with E-state index in [1.807, 2.05) is 48.7 Å². The van der Waals surface area contributed by atoms with Crippen molar-refractivity contribution in [2.45, 2.75) is 33.0 Å². The van der Waals surface area contributed by atoms with Gasteiger partial charge in [0.2, 0.25) is 5.91 Å². The van der Waals surface area contributed by atoms with Crippen LogP contribution in [0.5, 0.6) is 0 Å². The maximum atomic E-state index is 12.9. The summed E-state index contributed by atoms with van der Waals surface area (Å²) in [4.78, 5) is 18.5. The van der Waals surface area contributed by atoms with Gasteiger partial charge < -0.3 is 9.88 Å². The maximum Gasteiger partial charge on any atom is 0.243 e. The van der Waals surface area contributed by atoms with Crippen molar-refractivity contribution in [1.82, 2.24) is 29.6 Å². The molecular formula is C19H20N6OS2. The molecule has 3 heterocycles. The Morgan fingerprint density at radius 2 is 2.14 bits per heavy atom. The van der Waals surface area contributed by atoms with Crippen LogP contribution < -0.4 is 5.32 Å². The highest BCUT2D eigenvalue weighted by Crippen LogP contribution is 2.25. The predicted molar refractivity (Wildman–Crippen MR) is 113 cm³/mol. The Balaban J connectivity index is 1.56. The number of imidazole rings is 1. The molecule has 2 N–H and O–H groups in total. The number of benzene rings is 1. The Kier molecular flexibility index (Phi) is 5.10. The maximum absolute atomic E-state index is 12.9. The van der Waals surface area contributed by atoms with Crippen LogP contribution in [0.25, 0.3) is 21.7 Å². The Bertz CT molecular complexity index is 1170. The van der Waals surface area contributed by atoms with Crippen LogP contribution in [0.1, 0.15) is 25.7 Å². The zero-order valence-corrected chi connectivity index (χ0v) is 17.2. The number of fused-ring (bicyclic) bond motifs is 1. The molecule has 0 spiro atoms. The van der Waals surface area contributed by atoms with Crippen LogP contribution in [0, 0.1) is 4.77 Å². The number of hydrogen-bond acceptors (Lipinski definition) is 5. The highest BCUT2D eigenvalue weighted by Gasteiger charge is 2.21. The van der Waals surface area contributed by atoms with E-state index < -0.39 is 6.04 Å². The van der Waals surface area contributed by atoms with Crippen LogP contribution >= 0.6 is 23.6 Å². The number of aromatic amines is 1. The molecule has 144 valence electrons. The second-order valence-electron chi connectivity index (χ2n) is 6.35. The first-order chi connectivity index (χ1) is 13.6. The minimum atomic E-state index is -0.497. The van der Waals surface area contributed by atoms with E-state index in [4.69, 9.17) is 12.2 Å². The molecule has 3 aromatic heterocycles. The molecule has 0 saturated heterocycles. The third-order valence-corrected chi connectivity index (χ3v) is 5.84. The minimum absolute atomic E-state index is 0.134. The van der Waals surface area contributed by atoms with Gasteiger partial charge in [0.1, 0.15) is 11.9 Å². The average Bonchev–Trinajstić information content (AvgIpc) is 3.43. The monoisotopic (exact) mass is 412 g/mol. The van der Waals surface area contributed by atoms with Crippen molar-refractivity contribution in [1.29, 1.82) is 0 Å². The van der Waals surface area contributed by atoms with Crippen molar-refractivity contribution in [2.24, 2.45) is 0 Å². The normalized spacial score (nSPS) is 12.4. The van der Waals surface area contributed by atoms with Crippen molar-refractivity contribution in [3.8, 4) is 10.7 Å². The van der Waals surface area contributed by atoms with Crippen molar-refractivity contribution in [3.63, 3.8) is 0 Å². The van der Waals surface area contributed by atoms with Gasteiger partial charge in [-0.2, -0.15) is 5.10 Å². The first-order valence-electron chi connectivity index (χ1n) is 9.02. The van der Waals surface area contributed by atoms with Crippen molar-refractivity contribution >= 4 is 40.5 Å². The number of thiophene rings is 1. The van der Waals surface area contributed by atoms with Gasteiger partial charge in [-0.05, 0) is 49.6 Å². The average molecular weight is 413 g/mol. The third-order valence-electron chi connectivity index (χ3n) is 4.68. The summed E-state index contributed by atoms with van der Waals surface area (Å²) in [6, 6.07) is 11.4. The first-order valence-corrected chi connectivity index (χ1v) is 10.3. The van der Waals surface area contributed by atoms with Gasteiger partial charge in [-0.1, -0.05) is 18.2 Å². The van der Waals surface area contributed by atoms with Crippen LogP contribution in [0.3, 0.4) is 0 Å². The Labute approximate surface area is 171 Å². The van der Waals surface area contributed by atoms with Gasteiger partial charge in [-0.15, -0.1) is 11.3 Å². The lowest BCUT2D eigenvalue weighted by Gasteiger charge is -2.15. The summed E-state index contributed by atoms with van der Waals surface area (Å²) in [6.07, 6.45) is 0. The second-order valence-corrected chi connectivity index (χ2v) is 7.69. The van der Waals surface area contributed by atoms with E-state index in [1.54, 1.807) is 15.9 Å². The molecule has 1 amide bonds. The fourth-order valence-corrected chi connectivity index (χ4v) is 4.29. The van der Waals surface area contributed by atoms with E-state index in [0.717, 1.165) is 28.3 Å². The largest absolute Gasteiger partial charge is 0.347 e. The van der Waals surface area contributed by atoms with Gasteiger partial charge in [-0.25, -0.2) is 4.98 Å². The zero-order chi connectivity index (χ0) is 19.7. The first kappa shape index (κ1) is 18.6. The highest BCUT2D eigenvalue weighted by atomic mass is 32.1. The molecule has 28 heavy (non-hydrogen) atoms. The summed E-state index contributed by atoms with van der Waals surface area (Å²) in [5, 5.41) is 12.1. The lowest BCUT2D eigenvalue weighted by atomic mass is 10.3. The molecule has 0 aliphatic carbocycles. The molecule has 1 unspecified atom stereocenters. The molecule has 0 fully saturated rings. The third kappa shape index (κ3) is 3.27. The lowest BCUT2D eigenvalue weighted by molar-refractivity contribution is -0.124. The standard InChI is InChI=1S/C19H20N6OS2/c1-3-24-14-8-5-4-7-13(14)21-16(24)11-20-18(26)12(2)25-17(22-23-19(25)27)15-9-6-10-28-15/h4-10,12H,3,11H2,1-2H3,(H,20,26)(H,23,27). The fraction of sp³-hybridized carbons (Fsp3) is 0.263. The van der Waals surface area contributed by atoms with Crippen LogP contribution in [0.4, 0.5) is 0 Å². The number of nitrogens with zero attached hydrogens (tertiary/aromatic N) is 4. The molecule has 0 aliphatic heterocycles. The van der Waals surface area contributed by atoms with Crippen molar-refractivity contribution in [2.75, 3.05) is 0 Å². The number of aromatic nitrogens is 5. The molecule has 0 saturated carbocycles. The SMILES string of the molecule is CCn1c(CNC(=O)C(C)n2c(-c3cccs3)n[nH]c2=S)nc2ccccc21. The van der Waals surface area contributed by atoms with E-state index in [-0.39, 0.29) is 5.91 Å². The van der Waals surface area contributed by atoms with Gasteiger partial charge in [0, 0.05) is 6.54 Å². The summed E-state index contributed by atoms with van der Waals surface area (Å²) >= 11 is 6.91. The van der Waals surface area contributed by atoms with Crippen LogP contribution in [0.15, 0.2) is 41.8 Å². The number of rotatable bonds is 6. The molecule has 4 aromatic rings. The second kappa shape index (κ2) is 7.69. The van der Waals surface area contributed by atoms with Crippen LogP contribution in [0.2, 0.25) is 0 Å². The topological polar surface area (TPSA) is 80.5 Å². The molecule has 4 rings (SSSR count). The fourth-order valence-electron chi connectivity index (χ4n) is 3.29. The minimum Gasteiger partial charge on any atom is -0.347 e. The number of nitrogens with one attached hydrogen (secondary N) is 2. The number of aryl methyl sites for hydroxylation is 1. The summed E-state index contributed by atoms with van der Waals surface area (Å²) in [6.45, 7) is 5.03. The summed E-state index contributed by atoms with van der Waals surface area (Å²) in [7, 11) is 0. The van der Waals surface area contributed by atoms with Gasteiger partial charge in [-0.3, -0.25) is 14.5 Å².